The average molecular weight is 550 g/mol. The first-order chi connectivity index (χ1) is 18.2. The van der Waals surface area contributed by atoms with Crippen LogP contribution in [0.2, 0.25) is 0 Å². The predicted molar refractivity (Wildman–Crippen MR) is 158 cm³/mol. The number of carbonyl (C=O) groups excluding carboxylic acids is 3. The van der Waals surface area contributed by atoms with Crippen LogP contribution in [0, 0.1) is 0 Å². The second kappa shape index (κ2) is 14.3. The number of hydrogen-bond donors (Lipinski definition) is 3. The molecule has 9 heteroatoms. The summed E-state index contributed by atoms with van der Waals surface area (Å²) in [6.45, 7) is 5.79. The first-order valence-electron chi connectivity index (χ1n) is 12.3. The fourth-order valence-corrected chi connectivity index (χ4v) is 4.47. The molecule has 3 rings (SSSR count). The van der Waals surface area contributed by atoms with Gasteiger partial charge in [0.15, 0.2) is 10.9 Å². The molecule has 1 atom stereocenters. The monoisotopic (exact) mass is 549 g/mol. The number of nitrogens with one attached hydrogen (secondary N) is 3. The van der Waals surface area contributed by atoms with Crippen molar-refractivity contribution in [1.82, 2.24) is 0 Å². The number of esters is 1. The molecular weight excluding hydrogens is 518 g/mol. The molecule has 0 radical (unpaired) electrons. The first kappa shape index (κ1) is 28.9. The minimum absolute atomic E-state index is 0.00661. The van der Waals surface area contributed by atoms with Crippen LogP contribution in [0.1, 0.15) is 54.3 Å². The Kier molecular flexibility index (Phi) is 10.9. The number of anilines is 3. The summed E-state index contributed by atoms with van der Waals surface area (Å²) in [4.78, 5) is 37.1. The van der Waals surface area contributed by atoms with Crippen molar-refractivity contribution in [3.05, 3.63) is 83.9 Å². The van der Waals surface area contributed by atoms with Gasteiger partial charge in [-0.2, -0.15) is 0 Å². The van der Waals surface area contributed by atoms with Crippen molar-refractivity contribution in [3.63, 3.8) is 0 Å². The van der Waals surface area contributed by atoms with Crippen LogP contribution >= 0.6 is 24.0 Å². The molecule has 1 amide bonds. The van der Waals surface area contributed by atoms with Crippen LogP contribution in [-0.2, 0) is 9.53 Å². The van der Waals surface area contributed by atoms with Crippen molar-refractivity contribution in [2.24, 2.45) is 0 Å². The Labute approximate surface area is 232 Å². The third-order valence-corrected chi connectivity index (χ3v) is 6.74. The number of hydrogen-bond acceptors (Lipinski definition) is 6. The van der Waals surface area contributed by atoms with E-state index in [-0.39, 0.29) is 22.9 Å². The number of benzene rings is 3. The lowest BCUT2D eigenvalue weighted by molar-refractivity contribution is -0.115. The summed E-state index contributed by atoms with van der Waals surface area (Å²) in [5.74, 6) is -0.515. The lowest BCUT2D eigenvalue weighted by atomic mass is 10.1. The molecule has 3 N–H and O–H groups in total. The molecule has 7 nitrogen and oxygen atoms in total. The van der Waals surface area contributed by atoms with Gasteiger partial charge in [-0.3, -0.25) is 9.59 Å². The Hall–Kier alpha value is -3.69. The summed E-state index contributed by atoms with van der Waals surface area (Å²) < 4.78 is 5.21. The number of Topliss-reactive ketones (excluding diaryl/α,β-unsaturated/α-hetero) is 1. The summed E-state index contributed by atoms with van der Waals surface area (Å²) in [6.07, 6.45) is 1.79. The van der Waals surface area contributed by atoms with Gasteiger partial charge in [0.25, 0.3) is 0 Å². The third-order valence-electron chi connectivity index (χ3n) is 5.44. The zero-order chi connectivity index (χ0) is 27.5. The van der Waals surface area contributed by atoms with Gasteiger partial charge in [0, 0.05) is 27.5 Å². The second-order valence-electron chi connectivity index (χ2n) is 8.56. The molecule has 38 heavy (non-hydrogen) atoms. The van der Waals surface area contributed by atoms with E-state index in [2.05, 4.69) is 16.0 Å². The molecule has 0 fully saturated rings. The summed E-state index contributed by atoms with van der Waals surface area (Å²) >= 11 is 6.83. The Balaban J connectivity index is 1.51. The molecule has 0 saturated heterocycles. The molecule has 0 aliphatic carbocycles. The minimum atomic E-state index is -0.367. The highest BCUT2D eigenvalue weighted by Crippen LogP contribution is 2.27. The van der Waals surface area contributed by atoms with Gasteiger partial charge >= 0.3 is 5.97 Å². The Morgan fingerprint density at radius 3 is 2.11 bits per heavy atom. The van der Waals surface area contributed by atoms with E-state index >= 15 is 0 Å². The van der Waals surface area contributed by atoms with Gasteiger partial charge in [-0.15, -0.1) is 11.8 Å². The average Bonchev–Trinajstić information content (AvgIpc) is 2.89. The van der Waals surface area contributed by atoms with Crippen molar-refractivity contribution in [2.75, 3.05) is 22.6 Å². The van der Waals surface area contributed by atoms with E-state index in [9.17, 15) is 14.4 Å². The van der Waals surface area contributed by atoms with Crippen molar-refractivity contribution >= 4 is 63.8 Å². The molecule has 0 aliphatic heterocycles. The molecule has 0 saturated carbocycles. The number of carbonyl (C=O) groups is 3. The smallest absolute Gasteiger partial charge is 0.338 e. The molecule has 0 aromatic heterocycles. The standard InChI is InChI=1S/C29H31N3O4S2/c1-4-5-17-36-28(35)22-11-15-23(16-12-22)30-27(34)20(3)38-26-8-6-7-25(18-26)32-29(37)31-24-13-9-21(10-14-24)19(2)33/h6-16,18,20H,4-5,17H2,1-3H3,(H,30,34)(H2,31,32,37). The molecule has 0 spiro atoms. The number of thiocarbonyl (C=S) groups is 1. The van der Waals surface area contributed by atoms with Gasteiger partial charge in [0.05, 0.1) is 17.4 Å². The lowest BCUT2D eigenvalue weighted by Gasteiger charge is -2.14. The Bertz CT molecular complexity index is 1280. The van der Waals surface area contributed by atoms with E-state index in [1.807, 2.05) is 38.1 Å². The summed E-state index contributed by atoms with van der Waals surface area (Å²) in [7, 11) is 0. The van der Waals surface area contributed by atoms with Gasteiger partial charge in [-0.1, -0.05) is 19.4 Å². The maximum atomic E-state index is 12.8. The Morgan fingerprint density at radius 2 is 1.47 bits per heavy atom. The first-order valence-corrected chi connectivity index (χ1v) is 13.6. The normalized spacial score (nSPS) is 11.2. The van der Waals surface area contributed by atoms with Crippen molar-refractivity contribution in [1.29, 1.82) is 0 Å². The molecular formula is C29H31N3O4S2. The van der Waals surface area contributed by atoms with Crippen LogP contribution in [0.5, 0.6) is 0 Å². The highest BCUT2D eigenvalue weighted by atomic mass is 32.2. The van der Waals surface area contributed by atoms with Crippen molar-refractivity contribution < 1.29 is 19.1 Å². The van der Waals surface area contributed by atoms with Crippen LogP contribution in [0.15, 0.2) is 77.7 Å². The molecule has 0 bridgehead atoms. The summed E-state index contributed by atoms with van der Waals surface area (Å²) in [5, 5.41) is 9.17. The topological polar surface area (TPSA) is 96.5 Å². The maximum Gasteiger partial charge on any atom is 0.338 e. The van der Waals surface area contributed by atoms with Gasteiger partial charge in [-0.25, -0.2) is 4.79 Å². The zero-order valence-electron chi connectivity index (χ0n) is 21.6. The molecule has 1 unspecified atom stereocenters. The largest absolute Gasteiger partial charge is 0.462 e. The highest BCUT2D eigenvalue weighted by Gasteiger charge is 2.16. The Morgan fingerprint density at radius 1 is 0.868 bits per heavy atom. The third kappa shape index (κ3) is 9.00. The van der Waals surface area contributed by atoms with Crippen molar-refractivity contribution in [2.45, 2.75) is 43.8 Å². The van der Waals surface area contributed by atoms with E-state index in [0.29, 0.717) is 28.5 Å². The highest BCUT2D eigenvalue weighted by molar-refractivity contribution is 8.00. The number of rotatable bonds is 11. The van der Waals surface area contributed by atoms with E-state index in [0.717, 1.165) is 29.1 Å². The maximum absolute atomic E-state index is 12.8. The fourth-order valence-electron chi connectivity index (χ4n) is 3.31. The zero-order valence-corrected chi connectivity index (χ0v) is 23.2. The summed E-state index contributed by atoms with van der Waals surface area (Å²) in [5.41, 5.74) is 3.24. The fraction of sp³-hybridized carbons (Fsp3) is 0.241. The van der Waals surface area contributed by atoms with E-state index in [4.69, 9.17) is 17.0 Å². The second-order valence-corrected chi connectivity index (χ2v) is 10.4. The van der Waals surface area contributed by atoms with Crippen LogP contribution in [0.3, 0.4) is 0 Å². The van der Waals surface area contributed by atoms with Crippen LogP contribution in [-0.4, -0.2) is 34.6 Å². The lowest BCUT2D eigenvalue weighted by Crippen LogP contribution is -2.22. The molecule has 0 aliphatic rings. The number of thioether (sulfide) groups is 1. The number of amides is 1. The van der Waals surface area contributed by atoms with Gasteiger partial charge in [0.1, 0.15) is 0 Å². The quantitative estimate of drug-likeness (QED) is 0.0792. The molecule has 3 aromatic rings. The van der Waals surface area contributed by atoms with Gasteiger partial charge in [-0.05, 0) is 99.2 Å². The van der Waals surface area contributed by atoms with Gasteiger partial charge < -0.3 is 20.7 Å². The number of ether oxygens (including phenoxy) is 1. The minimum Gasteiger partial charge on any atom is -0.462 e. The molecule has 0 heterocycles. The van der Waals surface area contributed by atoms with E-state index in [1.165, 1.54) is 18.7 Å². The SMILES string of the molecule is CCCCOC(=O)c1ccc(NC(=O)C(C)Sc2cccc(NC(=S)Nc3ccc(C(C)=O)cc3)c2)cc1. The number of unbranched alkanes of at least 4 members (excludes halogenated alkanes) is 1. The van der Waals surface area contributed by atoms with Gasteiger partial charge in [0.2, 0.25) is 5.91 Å². The van der Waals surface area contributed by atoms with Crippen LogP contribution in [0.25, 0.3) is 0 Å². The number of ketones is 1. The molecule has 198 valence electrons. The van der Waals surface area contributed by atoms with Crippen LogP contribution < -0.4 is 16.0 Å². The predicted octanol–water partition coefficient (Wildman–Crippen LogP) is 6.77. The van der Waals surface area contributed by atoms with Crippen LogP contribution in [0.4, 0.5) is 17.1 Å². The summed E-state index contributed by atoms with van der Waals surface area (Å²) in [6, 6.07) is 21.4. The molecule has 3 aromatic carbocycles. The van der Waals surface area contributed by atoms with E-state index in [1.54, 1.807) is 48.5 Å². The van der Waals surface area contributed by atoms with E-state index < -0.39 is 0 Å². The van der Waals surface area contributed by atoms with Crippen molar-refractivity contribution in [3.8, 4) is 0 Å².